The van der Waals surface area contributed by atoms with Crippen LogP contribution in [0.3, 0.4) is 0 Å². The molecule has 0 aromatic heterocycles. The number of phenolic OH excluding ortho intramolecular Hbond substituents is 1. The summed E-state index contributed by atoms with van der Waals surface area (Å²) in [6.07, 6.45) is 0. The second kappa shape index (κ2) is 5.29. The molecule has 0 saturated carbocycles. The molecule has 2 rings (SSSR count). The Labute approximate surface area is 112 Å². The molecule has 2 aromatic rings. The van der Waals surface area contributed by atoms with Gasteiger partial charge in [-0.2, -0.15) is 0 Å². The van der Waals surface area contributed by atoms with Gasteiger partial charge in [0.15, 0.2) is 0 Å². The lowest BCUT2D eigenvalue weighted by molar-refractivity contribution is -0.387. The summed E-state index contributed by atoms with van der Waals surface area (Å²) in [6, 6.07) is 10.9. The summed E-state index contributed by atoms with van der Waals surface area (Å²) < 4.78 is 0. The van der Waals surface area contributed by atoms with Crippen LogP contribution < -0.4 is 0 Å². The zero-order valence-electron chi connectivity index (χ0n) is 9.04. The van der Waals surface area contributed by atoms with Crippen molar-refractivity contribution in [2.24, 2.45) is 0 Å². The van der Waals surface area contributed by atoms with E-state index >= 15 is 0 Å². The van der Waals surface area contributed by atoms with Crippen molar-refractivity contribution in [3.8, 4) is 5.75 Å². The highest BCUT2D eigenvalue weighted by Gasteiger charge is 2.15. The second-order valence-corrected chi connectivity index (χ2v) is 5.02. The Hall–Kier alpha value is -1.72. The first-order valence-corrected chi connectivity index (χ1v) is 6.16. The maximum absolute atomic E-state index is 10.9. The summed E-state index contributed by atoms with van der Waals surface area (Å²) in [5, 5.41) is 20.7. The van der Waals surface area contributed by atoms with Crippen molar-refractivity contribution in [1.29, 1.82) is 0 Å². The van der Waals surface area contributed by atoms with E-state index in [1.54, 1.807) is 12.1 Å². The molecule has 0 aliphatic carbocycles. The second-order valence-electron chi connectivity index (χ2n) is 3.47. The SMILES string of the molecule is O=[N+]([O-])c1ccc(Cl)cc1Sc1cccc(O)c1. The molecule has 92 valence electrons. The van der Waals surface area contributed by atoms with E-state index in [1.165, 1.54) is 42.1 Å². The highest BCUT2D eigenvalue weighted by Crippen LogP contribution is 2.37. The number of benzene rings is 2. The maximum Gasteiger partial charge on any atom is 0.283 e. The van der Waals surface area contributed by atoms with Crippen molar-refractivity contribution in [2.45, 2.75) is 9.79 Å². The van der Waals surface area contributed by atoms with Gasteiger partial charge in [-0.1, -0.05) is 29.4 Å². The number of phenols is 1. The molecule has 0 amide bonds. The highest BCUT2D eigenvalue weighted by molar-refractivity contribution is 7.99. The number of aromatic hydroxyl groups is 1. The van der Waals surface area contributed by atoms with Crippen molar-refractivity contribution in [3.05, 3.63) is 57.6 Å². The summed E-state index contributed by atoms with van der Waals surface area (Å²) in [5.41, 5.74) is -0.00672. The van der Waals surface area contributed by atoms with Gasteiger partial charge in [0.2, 0.25) is 0 Å². The van der Waals surface area contributed by atoms with E-state index in [1.807, 2.05) is 0 Å². The van der Waals surface area contributed by atoms with Crippen molar-refractivity contribution in [3.63, 3.8) is 0 Å². The van der Waals surface area contributed by atoms with Gasteiger partial charge in [-0.05, 0) is 30.3 Å². The molecule has 4 nitrogen and oxygen atoms in total. The predicted molar refractivity (Wildman–Crippen MR) is 70.3 cm³/mol. The zero-order chi connectivity index (χ0) is 13.1. The van der Waals surface area contributed by atoms with Gasteiger partial charge in [-0.15, -0.1) is 0 Å². The molecule has 0 fully saturated rings. The number of hydrogen-bond donors (Lipinski definition) is 1. The van der Waals surface area contributed by atoms with Crippen LogP contribution in [0, 0.1) is 10.1 Å². The summed E-state index contributed by atoms with van der Waals surface area (Å²) in [5.74, 6) is 0.115. The van der Waals surface area contributed by atoms with E-state index in [4.69, 9.17) is 11.6 Å². The smallest absolute Gasteiger partial charge is 0.283 e. The number of rotatable bonds is 3. The lowest BCUT2D eigenvalue weighted by Gasteiger charge is -2.04. The van der Waals surface area contributed by atoms with Crippen LogP contribution in [0.5, 0.6) is 5.75 Å². The zero-order valence-corrected chi connectivity index (χ0v) is 10.6. The van der Waals surface area contributed by atoms with Gasteiger partial charge in [0.1, 0.15) is 5.75 Å². The Kier molecular flexibility index (Phi) is 3.74. The molecule has 0 aliphatic heterocycles. The van der Waals surface area contributed by atoms with Crippen molar-refractivity contribution in [1.82, 2.24) is 0 Å². The van der Waals surface area contributed by atoms with Gasteiger partial charge in [0, 0.05) is 16.0 Å². The molecular formula is C12H8ClNO3S. The monoisotopic (exact) mass is 281 g/mol. The van der Waals surface area contributed by atoms with Gasteiger partial charge < -0.3 is 5.11 Å². The minimum absolute atomic E-state index is 0.00672. The molecule has 0 bridgehead atoms. The van der Waals surface area contributed by atoms with Crippen LogP contribution in [0.15, 0.2) is 52.3 Å². The fourth-order valence-electron chi connectivity index (χ4n) is 1.39. The number of halogens is 1. The van der Waals surface area contributed by atoms with E-state index in [-0.39, 0.29) is 11.4 Å². The first kappa shape index (κ1) is 12.7. The van der Waals surface area contributed by atoms with Crippen molar-refractivity contribution in [2.75, 3.05) is 0 Å². The minimum Gasteiger partial charge on any atom is -0.508 e. The third-order valence-corrected chi connectivity index (χ3v) is 3.44. The Balaban J connectivity index is 2.39. The predicted octanol–water partition coefficient (Wildman–Crippen LogP) is 4.11. The molecule has 18 heavy (non-hydrogen) atoms. The lowest BCUT2D eigenvalue weighted by Crippen LogP contribution is -1.90. The largest absolute Gasteiger partial charge is 0.508 e. The third kappa shape index (κ3) is 2.94. The van der Waals surface area contributed by atoms with Gasteiger partial charge >= 0.3 is 0 Å². The fourth-order valence-corrected chi connectivity index (χ4v) is 2.64. The Morgan fingerprint density at radius 2 is 2.00 bits per heavy atom. The van der Waals surface area contributed by atoms with Gasteiger partial charge in [-0.25, -0.2) is 0 Å². The first-order chi connectivity index (χ1) is 8.56. The molecule has 0 radical (unpaired) electrons. The quantitative estimate of drug-likeness (QED) is 0.679. The van der Waals surface area contributed by atoms with Crippen LogP contribution in [-0.2, 0) is 0 Å². The van der Waals surface area contributed by atoms with E-state index < -0.39 is 4.92 Å². The lowest BCUT2D eigenvalue weighted by atomic mass is 10.3. The van der Waals surface area contributed by atoms with Gasteiger partial charge in [0.05, 0.1) is 9.82 Å². The molecule has 2 aromatic carbocycles. The van der Waals surface area contributed by atoms with Crippen molar-refractivity contribution >= 4 is 29.1 Å². The molecular weight excluding hydrogens is 274 g/mol. The van der Waals surface area contributed by atoms with E-state index in [0.717, 1.165) is 0 Å². The number of hydrogen-bond acceptors (Lipinski definition) is 4. The topological polar surface area (TPSA) is 63.4 Å². The molecule has 0 saturated heterocycles. The van der Waals surface area contributed by atoms with E-state index in [2.05, 4.69) is 0 Å². The standard InChI is InChI=1S/C12H8ClNO3S/c13-8-4-5-11(14(16)17)12(6-8)18-10-3-1-2-9(15)7-10/h1-7,15H. The molecule has 6 heteroatoms. The van der Waals surface area contributed by atoms with Gasteiger partial charge in [-0.3, -0.25) is 10.1 Å². The van der Waals surface area contributed by atoms with Crippen molar-refractivity contribution < 1.29 is 10.0 Å². The van der Waals surface area contributed by atoms with Crippen LogP contribution in [-0.4, -0.2) is 10.0 Å². The Morgan fingerprint density at radius 3 is 2.67 bits per heavy atom. The van der Waals surface area contributed by atoms with Crippen LogP contribution >= 0.6 is 23.4 Å². The molecule has 0 heterocycles. The average molecular weight is 282 g/mol. The maximum atomic E-state index is 10.9. The number of nitro groups is 1. The number of nitro benzene ring substituents is 1. The molecule has 0 aliphatic rings. The normalized spacial score (nSPS) is 10.3. The Morgan fingerprint density at radius 1 is 1.22 bits per heavy atom. The molecule has 0 atom stereocenters. The minimum atomic E-state index is -0.457. The Bertz CT molecular complexity index is 604. The molecule has 1 N–H and O–H groups in total. The van der Waals surface area contributed by atoms with Crippen LogP contribution in [0.25, 0.3) is 0 Å². The summed E-state index contributed by atoms with van der Waals surface area (Å²) in [7, 11) is 0. The fraction of sp³-hybridized carbons (Fsp3) is 0. The van der Waals surface area contributed by atoms with E-state index in [0.29, 0.717) is 14.8 Å². The summed E-state index contributed by atoms with van der Waals surface area (Å²) in [6.45, 7) is 0. The molecule has 0 unspecified atom stereocenters. The first-order valence-electron chi connectivity index (χ1n) is 4.97. The van der Waals surface area contributed by atoms with E-state index in [9.17, 15) is 15.2 Å². The third-order valence-electron chi connectivity index (χ3n) is 2.16. The highest BCUT2D eigenvalue weighted by atomic mass is 35.5. The van der Waals surface area contributed by atoms with Crippen LogP contribution in [0.4, 0.5) is 5.69 Å². The van der Waals surface area contributed by atoms with Crippen LogP contribution in [0.2, 0.25) is 5.02 Å². The number of nitrogens with zero attached hydrogens (tertiary/aromatic N) is 1. The summed E-state index contributed by atoms with van der Waals surface area (Å²) in [4.78, 5) is 11.6. The van der Waals surface area contributed by atoms with Gasteiger partial charge in [0.25, 0.3) is 5.69 Å². The van der Waals surface area contributed by atoms with Crippen LogP contribution in [0.1, 0.15) is 0 Å². The average Bonchev–Trinajstić information content (AvgIpc) is 2.28. The molecule has 0 spiro atoms. The summed E-state index contributed by atoms with van der Waals surface area (Å²) >= 11 is 7.02.